The number of benzene rings is 2. The van der Waals surface area contributed by atoms with Gasteiger partial charge in [0.1, 0.15) is 5.56 Å². The van der Waals surface area contributed by atoms with Gasteiger partial charge in [0.15, 0.2) is 0 Å². The molecule has 0 saturated carbocycles. The number of piperidine rings is 1. The first kappa shape index (κ1) is 17.5. The van der Waals surface area contributed by atoms with Crippen molar-refractivity contribution in [2.45, 2.75) is 18.8 Å². The average Bonchev–Trinajstić information content (AvgIpc) is 3.11. The Balaban J connectivity index is 1.52. The number of nitrogens with zero attached hydrogens (tertiary/aromatic N) is 2. The second kappa shape index (κ2) is 7.04. The number of nitro benzene ring substituents is 1. The van der Waals surface area contributed by atoms with Crippen molar-refractivity contribution in [2.24, 2.45) is 0 Å². The van der Waals surface area contributed by atoms with Crippen LogP contribution in [0.4, 0.5) is 5.69 Å². The number of hydrogen-bond acceptors (Lipinski definition) is 3. The molecule has 0 unspecified atom stereocenters. The summed E-state index contributed by atoms with van der Waals surface area (Å²) in [6, 6.07) is 12.3. The average molecular weight is 384 g/mol. The molecule has 0 atom stereocenters. The van der Waals surface area contributed by atoms with E-state index in [1.165, 1.54) is 29.1 Å². The molecule has 2 heterocycles. The van der Waals surface area contributed by atoms with Crippen LogP contribution >= 0.6 is 11.6 Å². The zero-order valence-corrected chi connectivity index (χ0v) is 15.3. The van der Waals surface area contributed by atoms with E-state index in [1.807, 2.05) is 12.1 Å². The van der Waals surface area contributed by atoms with E-state index in [1.54, 1.807) is 4.90 Å². The van der Waals surface area contributed by atoms with Crippen molar-refractivity contribution in [3.05, 3.63) is 74.9 Å². The van der Waals surface area contributed by atoms with Crippen LogP contribution in [0.1, 0.15) is 34.7 Å². The van der Waals surface area contributed by atoms with Crippen LogP contribution in [-0.2, 0) is 0 Å². The Kier molecular flexibility index (Phi) is 4.58. The van der Waals surface area contributed by atoms with Gasteiger partial charge in [0.05, 0.1) is 4.92 Å². The molecule has 1 saturated heterocycles. The number of aromatic amines is 1. The fourth-order valence-corrected chi connectivity index (χ4v) is 4.01. The summed E-state index contributed by atoms with van der Waals surface area (Å²) in [6.45, 7) is 1.12. The predicted molar refractivity (Wildman–Crippen MR) is 104 cm³/mol. The molecule has 6 nitrogen and oxygen atoms in total. The number of rotatable bonds is 3. The minimum absolute atomic E-state index is 0.0537. The zero-order valence-electron chi connectivity index (χ0n) is 14.5. The van der Waals surface area contributed by atoms with E-state index in [0.717, 1.165) is 18.4 Å². The van der Waals surface area contributed by atoms with Gasteiger partial charge in [0.25, 0.3) is 11.6 Å². The summed E-state index contributed by atoms with van der Waals surface area (Å²) in [6.07, 6.45) is 3.69. The third-order valence-corrected chi connectivity index (χ3v) is 5.46. The second-order valence-corrected chi connectivity index (χ2v) is 7.21. The number of H-pyrrole nitrogens is 1. The van der Waals surface area contributed by atoms with E-state index in [4.69, 9.17) is 11.6 Å². The lowest BCUT2D eigenvalue weighted by molar-refractivity contribution is -0.385. The molecule has 2 aromatic carbocycles. The van der Waals surface area contributed by atoms with Gasteiger partial charge in [-0.05, 0) is 42.5 Å². The first-order valence-electron chi connectivity index (χ1n) is 8.84. The first-order chi connectivity index (χ1) is 13.0. The Morgan fingerprint density at radius 1 is 1.19 bits per heavy atom. The molecule has 1 amide bonds. The lowest BCUT2D eigenvalue weighted by Crippen LogP contribution is -2.38. The number of nitrogens with one attached hydrogen (secondary N) is 1. The van der Waals surface area contributed by atoms with Crippen LogP contribution in [0.2, 0.25) is 5.02 Å². The zero-order chi connectivity index (χ0) is 19.0. The van der Waals surface area contributed by atoms with Crippen molar-refractivity contribution in [1.29, 1.82) is 0 Å². The van der Waals surface area contributed by atoms with Crippen molar-refractivity contribution in [1.82, 2.24) is 9.88 Å². The van der Waals surface area contributed by atoms with Crippen LogP contribution in [0, 0.1) is 10.1 Å². The summed E-state index contributed by atoms with van der Waals surface area (Å²) >= 11 is 5.95. The van der Waals surface area contributed by atoms with Crippen LogP contribution in [0.25, 0.3) is 10.9 Å². The van der Waals surface area contributed by atoms with E-state index in [9.17, 15) is 14.9 Å². The van der Waals surface area contributed by atoms with Crippen molar-refractivity contribution in [3.8, 4) is 0 Å². The SMILES string of the molecule is O=C(c1cc(Cl)ccc1[N+](=O)[O-])N1CCC(c2c[nH]c3ccccc23)CC1. The fraction of sp³-hybridized carbons (Fsp3) is 0.250. The third kappa shape index (κ3) is 3.28. The monoisotopic (exact) mass is 383 g/mol. The normalized spacial score (nSPS) is 15.2. The fourth-order valence-electron chi connectivity index (χ4n) is 3.83. The summed E-state index contributed by atoms with van der Waals surface area (Å²) in [5.74, 6) is 0.0288. The largest absolute Gasteiger partial charge is 0.361 e. The van der Waals surface area contributed by atoms with Crippen LogP contribution in [0.5, 0.6) is 0 Å². The minimum atomic E-state index is -0.539. The molecule has 1 aliphatic rings. The molecule has 1 N–H and O–H groups in total. The molecule has 3 aromatic rings. The van der Waals surface area contributed by atoms with E-state index >= 15 is 0 Å². The molecule has 1 aliphatic heterocycles. The molecule has 138 valence electrons. The van der Waals surface area contributed by atoms with Gasteiger partial charge in [-0.1, -0.05) is 29.8 Å². The summed E-state index contributed by atoms with van der Waals surface area (Å²) in [5.41, 5.74) is 2.23. The first-order valence-corrected chi connectivity index (χ1v) is 9.21. The number of halogens is 1. The Bertz CT molecular complexity index is 1020. The summed E-state index contributed by atoms with van der Waals surface area (Å²) < 4.78 is 0. The van der Waals surface area contributed by atoms with Gasteiger partial charge >= 0.3 is 0 Å². The molecule has 1 aromatic heterocycles. The lowest BCUT2D eigenvalue weighted by atomic mass is 9.89. The molecule has 7 heteroatoms. The molecule has 27 heavy (non-hydrogen) atoms. The summed E-state index contributed by atoms with van der Waals surface area (Å²) in [4.78, 5) is 28.5. The number of hydrogen-bond donors (Lipinski definition) is 1. The van der Waals surface area contributed by atoms with Crippen molar-refractivity contribution in [3.63, 3.8) is 0 Å². The predicted octanol–water partition coefficient (Wildman–Crippen LogP) is 4.75. The number of para-hydroxylation sites is 1. The third-order valence-electron chi connectivity index (χ3n) is 5.23. The molecular formula is C20H18ClN3O3. The van der Waals surface area contributed by atoms with Gasteiger partial charge in [-0.2, -0.15) is 0 Å². The summed E-state index contributed by atoms with van der Waals surface area (Å²) in [7, 11) is 0. The number of aromatic nitrogens is 1. The van der Waals surface area contributed by atoms with Crippen LogP contribution in [-0.4, -0.2) is 33.8 Å². The summed E-state index contributed by atoms with van der Waals surface area (Å²) in [5, 5.41) is 12.8. The minimum Gasteiger partial charge on any atom is -0.361 e. The molecule has 1 fully saturated rings. The second-order valence-electron chi connectivity index (χ2n) is 6.77. The van der Waals surface area contributed by atoms with E-state index < -0.39 is 4.92 Å². The highest BCUT2D eigenvalue weighted by atomic mass is 35.5. The van der Waals surface area contributed by atoms with Crippen molar-refractivity contribution < 1.29 is 9.72 Å². The number of carbonyl (C=O) groups is 1. The molecule has 0 aliphatic carbocycles. The smallest absolute Gasteiger partial charge is 0.282 e. The van der Waals surface area contributed by atoms with Gasteiger partial charge in [-0.25, -0.2) is 0 Å². The Labute approximate surface area is 160 Å². The topological polar surface area (TPSA) is 79.2 Å². The molecular weight excluding hydrogens is 366 g/mol. The maximum atomic E-state index is 12.8. The molecule has 0 bridgehead atoms. The van der Waals surface area contributed by atoms with E-state index in [2.05, 4.69) is 23.3 Å². The Morgan fingerprint density at radius 2 is 1.93 bits per heavy atom. The maximum absolute atomic E-state index is 12.8. The number of fused-ring (bicyclic) bond motifs is 1. The Hall–Kier alpha value is -2.86. The number of likely N-dealkylation sites (tertiary alicyclic amines) is 1. The van der Waals surface area contributed by atoms with Gasteiger partial charge in [-0.3, -0.25) is 14.9 Å². The molecule has 4 rings (SSSR count). The van der Waals surface area contributed by atoms with Crippen LogP contribution in [0.3, 0.4) is 0 Å². The lowest BCUT2D eigenvalue weighted by Gasteiger charge is -2.32. The van der Waals surface area contributed by atoms with Crippen molar-refractivity contribution >= 4 is 34.1 Å². The quantitative estimate of drug-likeness (QED) is 0.523. The highest BCUT2D eigenvalue weighted by Crippen LogP contribution is 2.34. The number of carbonyl (C=O) groups excluding carboxylic acids is 1. The number of nitro groups is 1. The van der Waals surface area contributed by atoms with E-state index in [0.29, 0.717) is 24.0 Å². The van der Waals surface area contributed by atoms with Gasteiger partial charge < -0.3 is 9.88 Å². The van der Waals surface area contributed by atoms with Gasteiger partial charge in [0.2, 0.25) is 0 Å². The van der Waals surface area contributed by atoms with Gasteiger partial charge in [0, 0.05) is 41.3 Å². The van der Waals surface area contributed by atoms with Gasteiger partial charge in [-0.15, -0.1) is 0 Å². The van der Waals surface area contributed by atoms with Crippen LogP contribution in [0.15, 0.2) is 48.7 Å². The van der Waals surface area contributed by atoms with E-state index in [-0.39, 0.29) is 17.2 Å². The molecule has 0 radical (unpaired) electrons. The highest BCUT2D eigenvalue weighted by Gasteiger charge is 2.29. The maximum Gasteiger partial charge on any atom is 0.282 e. The van der Waals surface area contributed by atoms with Crippen molar-refractivity contribution in [2.75, 3.05) is 13.1 Å². The van der Waals surface area contributed by atoms with Crippen LogP contribution < -0.4 is 0 Å². The Morgan fingerprint density at radius 3 is 2.67 bits per heavy atom. The highest BCUT2D eigenvalue weighted by molar-refractivity contribution is 6.31. The molecule has 0 spiro atoms. The number of amides is 1. The standard InChI is InChI=1S/C20H18ClN3O3/c21-14-5-6-19(24(26)27)16(11-14)20(25)23-9-7-13(8-10-23)17-12-22-18-4-2-1-3-15(17)18/h1-6,11-13,22H,7-10H2.